The third-order valence-corrected chi connectivity index (χ3v) is 3.34. The van der Waals surface area contributed by atoms with Gasteiger partial charge in [-0.15, -0.1) is 11.3 Å². The molecule has 2 aromatic heterocycles. The molecule has 1 aromatic carbocycles. The minimum absolute atomic E-state index is 0. The van der Waals surface area contributed by atoms with E-state index in [9.17, 15) is 0 Å². The molecule has 0 fully saturated rings. The number of fused-ring (bicyclic) bond motifs is 1. The van der Waals surface area contributed by atoms with Crippen LogP contribution in [0.25, 0.3) is 21.3 Å². The average Bonchev–Trinajstić information content (AvgIpc) is 2.82. The number of rotatable bonds is 1. The molecule has 0 atom stereocenters. The Hall–Kier alpha value is -0.670. The zero-order valence-electron chi connectivity index (χ0n) is 10.1. The Bertz CT molecular complexity index is 590. The molecule has 0 bridgehead atoms. The molecule has 0 spiro atoms. The Labute approximate surface area is 122 Å². The summed E-state index contributed by atoms with van der Waals surface area (Å²) in [6, 6.07) is 14.5. The second-order valence-electron chi connectivity index (χ2n) is 3.35. The van der Waals surface area contributed by atoms with E-state index in [1.807, 2.05) is 18.3 Å². The minimum atomic E-state index is 0. The summed E-state index contributed by atoms with van der Waals surface area (Å²) >= 11 is 1.76. The molecule has 16 heavy (non-hydrogen) atoms. The third-order valence-electron chi connectivity index (χ3n) is 2.44. The van der Waals surface area contributed by atoms with Crippen LogP contribution in [0.5, 0.6) is 0 Å². The van der Waals surface area contributed by atoms with E-state index in [1.165, 1.54) is 15.8 Å². The van der Waals surface area contributed by atoms with Crippen LogP contribution in [0, 0.1) is 0 Å². The SMILES string of the molecule is [H-].[Na+].c1csc(-c2ccnc3ccccc23)c1. The van der Waals surface area contributed by atoms with E-state index >= 15 is 0 Å². The van der Waals surface area contributed by atoms with Gasteiger partial charge in [0.25, 0.3) is 0 Å². The first-order chi connectivity index (χ1) is 7.45. The fraction of sp³-hybridized carbons (Fsp3) is 0. The van der Waals surface area contributed by atoms with Crippen LogP contribution < -0.4 is 29.6 Å². The maximum absolute atomic E-state index is 4.36. The molecule has 2 heterocycles. The van der Waals surface area contributed by atoms with Crippen LogP contribution in [0.3, 0.4) is 0 Å². The van der Waals surface area contributed by atoms with Crippen molar-refractivity contribution in [2.24, 2.45) is 0 Å². The monoisotopic (exact) mass is 235 g/mol. The molecule has 0 aliphatic heterocycles. The van der Waals surface area contributed by atoms with Crippen molar-refractivity contribution in [2.45, 2.75) is 0 Å². The predicted octanol–water partition coefficient (Wildman–Crippen LogP) is 1.08. The van der Waals surface area contributed by atoms with E-state index in [0.29, 0.717) is 0 Å². The van der Waals surface area contributed by atoms with E-state index in [4.69, 9.17) is 0 Å². The predicted molar refractivity (Wildman–Crippen MR) is 66.2 cm³/mol. The molecule has 0 amide bonds. The first-order valence-electron chi connectivity index (χ1n) is 4.83. The number of para-hydroxylation sites is 1. The van der Waals surface area contributed by atoms with Crippen molar-refractivity contribution in [3.63, 3.8) is 0 Å². The summed E-state index contributed by atoms with van der Waals surface area (Å²) in [6.45, 7) is 0. The molecule has 0 saturated heterocycles. The second kappa shape index (κ2) is 5.11. The van der Waals surface area contributed by atoms with Crippen LogP contribution in [0.1, 0.15) is 1.43 Å². The first-order valence-corrected chi connectivity index (χ1v) is 5.71. The molecule has 3 rings (SSSR count). The zero-order valence-corrected chi connectivity index (χ0v) is 11.9. The Morgan fingerprint density at radius 3 is 2.69 bits per heavy atom. The van der Waals surface area contributed by atoms with Crippen molar-refractivity contribution in [2.75, 3.05) is 0 Å². The van der Waals surface area contributed by atoms with Gasteiger partial charge in [0, 0.05) is 22.0 Å². The maximum Gasteiger partial charge on any atom is 1.00 e. The van der Waals surface area contributed by atoms with Gasteiger partial charge in [-0.05, 0) is 23.6 Å². The molecule has 0 N–H and O–H groups in total. The van der Waals surface area contributed by atoms with E-state index in [1.54, 1.807) is 11.3 Å². The zero-order chi connectivity index (χ0) is 10.1. The number of nitrogens with zero attached hydrogens (tertiary/aromatic N) is 1. The number of aromatic nitrogens is 1. The largest absolute Gasteiger partial charge is 1.00 e. The number of hydrogen-bond acceptors (Lipinski definition) is 2. The summed E-state index contributed by atoms with van der Waals surface area (Å²) in [5.41, 5.74) is 2.33. The molecule has 0 saturated carbocycles. The van der Waals surface area contributed by atoms with E-state index in [0.717, 1.165) is 5.52 Å². The van der Waals surface area contributed by atoms with Gasteiger partial charge in [0.2, 0.25) is 0 Å². The molecular weight excluding hydrogens is 225 g/mol. The first kappa shape index (κ1) is 11.8. The van der Waals surface area contributed by atoms with Gasteiger partial charge in [0.15, 0.2) is 0 Å². The Balaban J connectivity index is 0.000000722. The minimum Gasteiger partial charge on any atom is -1.00 e. The summed E-state index contributed by atoms with van der Waals surface area (Å²) in [6.07, 6.45) is 1.87. The molecule has 0 aliphatic carbocycles. The smallest absolute Gasteiger partial charge is 1.00 e. The van der Waals surface area contributed by atoms with Gasteiger partial charge in [-0.2, -0.15) is 0 Å². The van der Waals surface area contributed by atoms with Crippen molar-refractivity contribution >= 4 is 22.2 Å². The van der Waals surface area contributed by atoms with Gasteiger partial charge in [0.05, 0.1) is 5.52 Å². The van der Waals surface area contributed by atoms with Crippen molar-refractivity contribution in [3.05, 3.63) is 54.0 Å². The molecule has 3 aromatic rings. The topological polar surface area (TPSA) is 12.9 Å². The Kier molecular flexibility index (Phi) is 3.77. The molecule has 1 nitrogen and oxygen atoms in total. The van der Waals surface area contributed by atoms with E-state index in [-0.39, 0.29) is 31.0 Å². The van der Waals surface area contributed by atoms with Gasteiger partial charge >= 0.3 is 29.6 Å². The van der Waals surface area contributed by atoms with Gasteiger partial charge in [0.1, 0.15) is 0 Å². The third kappa shape index (κ3) is 2.06. The molecule has 0 unspecified atom stereocenters. The number of benzene rings is 1. The average molecular weight is 235 g/mol. The van der Waals surface area contributed by atoms with Crippen LogP contribution in [-0.2, 0) is 0 Å². The number of thiophene rings is 1. The quantitative estimate of drug-likeness (QED) is 0.575. The van der Waals surface area contributed by atoms with Gasteiger partial charge in [-0.1, -0.05) is 24.3 Å². The summed E-state index contributed by atoms with van der Waals surface area (Å²) in [5.74, 6) is 0. The van der Waals surface area contributed by atoms with Crippen molar-refractivity contribution in [1.29, 1.82) is 0 Å². The van der Waals surface area contributed by atoms with Crippen LogP contribution >= 0.6 is 11.3 Å². The molecule has 0 aliphatic rings. The summed E-state index contributed by atoms with van der Waals surface area (Å²) in [4.78, 5) is 5.66. The number of hydrogen-bond donors (Lipinski definition) is 0. The standard InChI is InChI=1S/C13H9NS.Na.H/c1-2-5-12-10(4-1)11(7-8-14-12)13-6-3-9-15-13;;/h1-9H;;/q;+1;-1. The molecular formula is C13H10NNaS. The summed E-state index contributed by atoms with van der Waals surface area (Å²) < 4.78 is 0. The van der Waals surface area contributed by atoms with E-state index in [2.05, 4.69) is 40.7 Å². The van der Waals surface area contributed by atoms with Crippen LogP contribution in [0.4, 0.5) is 0 Å². The Morgan fingerprint density at radius 1 is 1.00 bits per heavy atom. The van der Waals surface area contributed by atoms with Gasteiger partial charge in [-0.3, -0.25) is 4.98 Å². The fourth-order valence-corrected chi connectivity index (χ4v) is 2.51. The van der Waals surface area contributed by atoms with Crippen molar-refractivity contribution in [3.8, 4) is 10.4 Å². The van der Waals surface area contributed by atoms with Crippen molar-refractivity contribution < 1.29 is 31.0 Å². The van der Waals surface area contributed by atoms with Crippen molar-refractivity contribution in [1.82, 2.24) is 4.98 Å². The number of pyridine rings is 1. The molecule has 74 valence electrons. The van der Waals surface area contributed by atoms with Crippen LogP contribution in [0.2, 0.25) is 0 Å². The normalized spacial score (nSPS) is 10.0. The summed E-state index contributed by atoms with van der Waals surface area (Å²) in [5, 5.41) is 3.33. The van der Waals surface area contributed by atoms with Crippen LogP contribution in [-0.4, -0.2) is 4.98 Å². The van der Waals surface area contributed by atoms with Gasteiger partial charge in [-0.25, -0.2) is 0 Å². The second-order valence-corrected chi connectivity index (χ2v) is 4.30. The molecule has 0 radical (unpaired) electrons. The molecule has 3 heteroatoms. The Morgan fingerprint density at radius 2 is 1.88 bits per heavy atom. The van der Waals surface area contributed by atoms with E-state index < -0.39 is 0 Å². The van der Waals surface area contributed by atoms with Gasteiger partial charge < -0.3 is 1.43 Å². The van der Waals surface area contributed by atoms with Crippen LogP contribution in [0.15, 0.2) is 54.0 Å². The fourth-order valence-electron chi connectivity index (χ4n) is 1.74. The maximum atomic E-state index is 4.36. The summed E-state index contributed by atoms with van der Waals surface area (Å²) in [7, 11) is 0.